The molecule has 2 aromatic carbocycles. The maximum absolute atomic E-state index is 13.8. The number of rotatable bonds is 10. The molecule has 2 aromatic heterocycles. The summed E-state index contributed by atoms with van der Waals surface area (Å²) in [6, 6.07) is 15.6. The van der Waals surface area contributed by atoms with Crippen LogP contribution in [0.5, 0.6) is 0 Å². The van der Waals surface area contributed by atoms with Crippen LogP contribution in [0.25, 0.3) is 22.5 Å². The molecule has 0 spiro atoms. The Bertz CT molecular complexity index is 1580. The number of carbonyl (C=O) groups is 1. The van der Waals surface area contributed by atoms with Crippen LogP contribution in [0, 0.1) is 5.41 Å². The first-order chi connectivity index (χ1) is 18.6. The van der Waals surface area contributed by atoms with Gasteiger partial charge < -0.3 is 0 Å². The molecule has 1 N–H and O–H groups in total. The molecule has 0 unspecified atom stereocenters. The molecule has 0 aliphatic heterocycles. The van der Waals surface area contributed by atoms with Gasteiger partial charge >= 0.3 is 5.76 Å². The van der Waals surface area contributed by atoms with Crippen molar-refractivity contribution in [2.75, 3.05) is 0 Å². The summed E-state index contributed by atoms with van der Waals surface area (Å²) >= 11 is 0. The Labute approximate surface area is 277 Å². The summed E-state index contributed by atoms with van der Waals surface area (Å²) in [5.74, 6) is 0.425. The van der Waals surface area contributed by atoms with Gasteiger partial charge in [0.15, 0.2) is 11.6 Å². The summed E-state index contributed by atoms with van der Waals surface area (Å²) in [5.41, 5.74) is 4.36. The molecule has 0 saturated heterocycles. The van der Waals surface area contributed by atoms with E-state index >= 15 is 0 Å². The Morgan fingerprint density at radius 2 is 1.68 bits per heavy atom. The molecule has 205 valence electrons. The van der Waals surface area contributed by atoms with Gasteiger partial charge in [-0.3, -0.25) is 23.7 Å². The first-order valence-corrected chi connectivity index (χ1v) is 13.5. The fourth-order valence-electron chi connectivity index (χ4n) is 4.52. The van der Waals surface area contributed by atoms with Crippen molar-refractivity contribution in [3.05, 3.63) is 92.1 Å². The van der Waals surface area contributed by atoms with Gasteiger partial charge in [0.25, 0.3) is 5.56 Å². The Morgan fingerprint density at radius 1 is 1.00 bits per heavy atom. The van der Waals surface area contributed by atoms with E-state index in [4.69, 9.17) is 9.51 Å². The normalized spacial score (nSPS) is 11.3. The first kappa shape index (κ1) is 32.1. The third kappa shape index (κ3) is 7.44. The number of carbonyl (C=O) groups excluding carboxylic acids is 1. The number of aromatic amines is 1. The number of H-pyrrole nitrogens is 1. The van der Waals surface area contributed by atoms with E-state index < -0.39 is 11.2 Å². The van der Waals surface area contributed by atoms with Crippen LogP contribution in [0.15, 0.2) is 62.6 Å². The number of Topliss-reactive ketones (excluding diaryl/α,β-unsaturated/α-hetero) is 1. The molecule has 1 radical (unpaired) electrons. The van der Waals surface area contributed by atoms with E-state index in [1.165, 1.54) is 0 Å². The van der Waals surface area contributed by atoms with Crippen LogP contribution < -0.4 is 11.3 Å². The Morgan fingerprint density at radius 3 is 2.25 bits per heavy atom. The van der Waals surface area contributed by atoms with Crippen LogP contribution in [0.2, 0.25) is 0 Å². The van der Waals surface area contributed by atoms with Crippen molar-refractivity contribution in [3.8, 4) is 22.5 Å². The van der Waals surface area contributed by atoms with Crippen molar-refractivity contribution < 1.29 is 9.32 Å². The van der Waals surface area contributed by atoms with E-state index in [9.17, 15) is 14.4 Å². The molecule has 2 heterocycles. The number of nitrogens with one attached hydrogen (secondary N) is 1. The zero-order chi connectivity index (χ0) is 28.2. The summed E-state index contributed by atoms with van der Waals surface area (Å²) < 4.78 is 6.27. The van der Waals surface area contributed by atoms with Crippen molar-refractivity contribution in [2.45, 2.75) is 73.3 Å². The Kier molecular flexibility index (Phi) is 11.2. The number of benzene rings is 2. The van der Waals surface area contributed by atoms with E-state index in [1.807, 2.05) is 76.2 Å². The van der Waals surface area contributed by atoms with E-state index in [0.717, 1.165) is 47.2 Å². The summed E-state index contributed by atoms with van der Waals surface area (Å²) in [4.78, 5) is 45.7. The maximum atomic E-state index is 13.8. The van der Waals surface area contributed by atoms with Gasteiger partial charge in [0.05, 0.1) is 12.2 Å². The van der Waals surface area contributed by atoms with E-state index in [1.54, 1.807) is 4.57 Å². The molecule has 4 rings (SSSR count). The van der Waals surface area contributed by atoms with Crippen LogP contribution >= 0.6 is 0 Å². The molecule has 4 aromatic rings. The second kappa shape index (κ2) is 14.0. The van der Waals surface area contributed by atoms with Crippen LogP contribution in [0.3, 0.4) is 0 Å². The number of hydrogen-bond donors (Lipinski definition) is 1. The van der Waals surface area contributed by atoms with E-state index in [2.05, 4.69) is 17.1 Å². The quantitative estimate of drug-likeness (QED) is 0.271. The van der Waals surface area contributed by atoms with Crippen molar-refractivity contribution in [3.63, 3.8) is 0 Å². The van der Waals surface area contributed by atoms with Gasteiger partial charge in [-0.05, 0) is 29.5 Å². The maximum Gasteiger partial charge on any atom is 0.439 e. The number of unbranched alkanes of at least 4 members (excludes halogenated alkanes) is 1. The molecule has 0 aliphatic rings. The average molecular weight is 568 g/mol. The fraction of sp³-hybridized carbons (Fsp3) is 0.387. The molecule has 40 heavy (non-hydrogen) atoms. The fourth-order valence-corrected chi connectivity index (χ4v) is 4.52. The molecular weight excluding hydrogens is 531 g/mol. The number of nitrogens with zero attached hydrogens (tertiary/aromatic N) is 3. The van der Waals surface area contributed by atoms with Crippen molar-refractivity contribution >= 4 is 57.2 Å². The molecule has 9 heteroatoms. The molecule has 0 atom stereocenters. The molecule has 0 bridgehead atoms. The minimum Gasteiger partial charge on any atom is -0.297 e. The van der Waals surface area contributed by atoms with Crippen molar-refractivity contribution in [1.82, 2.24) is 19.7 Å². The molecule has 8 nitrogen and oxygen atoms in total. The van der Waals surface area contributed by atoms with Crippen molar-refractivity contribution in [1.29, 1.82) is 0 Å². The third-order valence-corrected chi connectivity index (χ3v) is 6.92. The van der Waals surface area contributed by atoms with Crippen LogP contribution in [-0.2, 0) is 30.6 Å². The molecular formula is C31H36KN4O4. The standard InChI is InChI=1S/C31H36N4O4.K/c1-6-8-13-25-24(29(37)35(27(7-2)32-25)19-26(36)31(3,4)5)18-20-14-16-21(17-15-20)22-11-9-10-12-23(22)28-33-30(38)39-34-28;/h9-12,14-17H,6-8,13,18-19H2,1-5H3,(H,33,34,38);. The van der Waals surface area contributed by atoms with Gasteiger partial charge in [-0.15, -0.1) is 0 Å². The Hall–Kier alpha value is -2.43. The van der Waals surface area contributed by atoms with Gasteiger partial charge in [-0.25, -0.2) is 9.78 Å². The topological polar surface area (TPSA) is 111 Å². The van der Waals surface area contributed by atoms with Gasteiger partial charge in [0, 0.05) is 80.8 Å². The summed E-state index contributed by atoms with van der Waals surface area (Å²) in [6.07, 6.45) is 3.67. The molecule has 0 fully saturated rings. The summed E-state index contributed by atoms with van der Waals surface area (Å²) in [6.45, 7) is 9.73. The smallest absolute Gasteiger partial charge is 0.297 e. The zero-order valence-electron chi connectivity index (χ0n) is 24.3. The van der Waals surface area contributed by atoms with Crippen LogP contribution in [0.4, 0.5) is 0 Å². The molecule has 0 saturated carbocycles. The minimum atomic E-state index is -0.605. The van der Waals surface area contributed by atoms with E-state index in [0.29, 0.717) is 30.1 Å². The largest absolute Gasteiger partial charge is 0.439 e. The Balaban J connectivity index is 0.00000441. The summed E-state index contributed by atoms with van der Waals surface area (Å²) in [5, 5.41) is 3.84. The van der Waals surface area contributed by atoms with Gasteiger partial charge in [-0.1, -0.05) is 94.7 Å². The zero-order valence-corrected chi connectivity index (χ0v) is 27.5. The predicted octanol–water partition coefficient (Wildman–Crippen LogP) is 4.98. The number of ketones is 1. The van der Waals surface area contributed by atoms with Gasteiger partial charge in [-0.2, -0.15) is 0 Å². The summed E-state index contributed by atoms with van der Waals surface area (Å²) in [7, 11) is 0. The number of hydrogen-bond acceptors (Lipinski definition) is 6. The third-order valence-electron chi connectivity index (χ3n) is 6.92. The second-order valence-electron chi connectivity index (χ2n) is 10.8. The van der Waals surface area contributed by atoms with Gasteiger partial charge in [0.1, 0.15) is 5.82 Å². The van der Waals surface area contributed by atoms with E-state index in [-0.39, 0.29) is 69.3 Å². The SMILES string of the molecule is CCCCc1nc(CC)n(CC(=O)C(C)(C)C)c(=O)c1Cc1ccc(-c2ccccc2-c2noc(=O)[nH]2)cc1.[K]. The number of aryl methyl sites for hydroxylation is 2. The second-order valence-corrected chi connectivity index (χ2v) is 10.8. The van der Waals surface area contributed by atoms with Crippen LogP contribution in [0.1, 0.15) is 70.1 Å². The monoisotopic (exact) mass is 567 g/mol. The minimum absolute atomic E-state index is 0. The first-order valence-electron chi connectivity index (χ1n) is 13.5. The van der Waals surface area contributed by atoms with Crippen LogP contribution in [-0.4, -0.2) is 76.9 Å². The number of aromatic nitrogens is 4. The molecule has 0 amide bonds. The van der Waals surface area contributed by atoms with Gasteiger partial charge in [0.2, 0.25) is 0 Å². The average Bonchev–Trinajstić information content (AvgIpc) is 3.36. The molecule has 0 aliphatic carbocycles. The predicted molar refractivity (Wildman–Crippen MR) is 158 cm³/mol. The van der Waals surface area contributed by atoms with Crippen molar-refractivity contribution in [2.24, 2.45) is 5.41 Å².